The number of amides is 1. The maximum Gasteiger partial charge on any atom is 0.409 e. The lowest BCUT2D eigenvalue weighted by Crippen LogP contribution is -2.41. The monoisotopic (exact) mass is 184 g/mol. The molecule has 4 nitrogen and oxygen atoms in total. The van der Waals surface area contributed by atoms with E-state index < -0.39 is 0 Å². The Morgan fingerprint density at radius 3 is 3.08 bits per heavy atom. The van der Waals surface area contributed by atoms with E-state index in [0.717, 1.165) is 32.1 Å². The average Bonchev–Trinajstić information content (AvgIpc) is 2.92. The van der Waals surface area contributed by atoms with Crippen LogP contribution in [-0.2, 0) is 4.74 Å². The molecule has 0 aromatic heterocycles. The number of hydrogen-bond acceptors (Lipinski definition) is 3. The quantitative estimate of drug-likeness (QED) is 0.695. The molecule has 1 saturated heterocycles. The summed E-state index contributed by atoms with van der Waals surface area (Å²) in [6.45, 7) is 3.13. The van der Waals surface area contributed by atoms with Crippen molar-refractivity contribution in [3.8, 4) is 0 Å². The first kappa shape index (κ1) is 8.81. The SMILES string of the molecule is O=C1OCCCN1CCNC1CC1. The highest BCUT2D eigenvalue weighted by molar-refractivity contribution is 5.68. The van der Waals surface area contributed by atoms with Gasteiger partial charge in [-0.15, -0.1) is 0 Å². The first-order valence-electron chi connectivity index (χ1n) is 5.01. The number of nitrogens with one attached hydrogen (secondary N) is 1. The molecule has 0 aromatic rings. The van der Waals surface area contributed by atoms with Crippen molar-refractivity contribution in [2.45, 2.75) is 25.3 Å². The van der Waals surface area contributed by atoms with E-state index in [4.69, 9.17) is 4.74 Å². The van der Waals surface area contributed by atoms with Gasteiger partial charge in [-0.05, 0) is 19.3 Å². The summed E-state index contributed by atoms with van der Waals surface area (Å²) in [5.74, 6) is 0. The van der Waals surface area contributed by atoms with E-state index in [1.807, 2.05) is 0 Å². The molecular weight excluding hydrogens is 168 g/mol. The van der Waals surface area contributed by atoms with Crippen molar-refractivity contribution in [1.29, 1.82) is 0 Å². The van der Waals surface area contributed by atoms with Crippen LogP contribution < -0.4 is 5.32 Å². The van der Waals surface area contributed by atoms with Crippen LogP contribution in [0.2, 0.25) is 0 Å². The Morgan fingerprint density at radius 1 is 1.54 bits per heavy atom. The number of hydrogen-bond donors (Lipinski definition) is 1. The minimum absolute atomic E-state index is 0.149. The van der Waals surface area contributed by atoms with Crippen LogP contribution in [0.5, 0.6) is 0 Å². The van der Waals surface area contributed by atoms with Gasteiger partial charge in [0.25, 0.3) is 0 Å². The Labute approximate surface area is 78.2 Å². The van der Waals surface area contributed by atoms with Crippen LogP contribution in [-0.4, -0.2) is 43.3 Å². The molecule has 2 aliphatic rings. The van der Waals surface area contributed by atoms with Crippen LogP contribution in [0.15, 0.2) is 0 Å². The fourth-order valence-electron chi connectivity index (χ4n) is 1.49. The number of rotatable bonds is 4. The Kier molecular flexibility index (Phi) is 2.68. The van der Waals surface area contributed by atoms with E-state index in [0.29, 0.717) is 6.61 Å². The van der Waals surface area contributed by atoms with Crippen LogP contribution in [0.25, 0.3) is 0 Å². The second-order valence-corrected chi connectivity index (χ2v) is 3.68. The standard InChI is InChI=1S/C9H16N2O2/c12-9-11(5-1-7-13-9)6-4-10-8-2-3-8/h8,10H,1-7H2. The number of nitrogens with zero attached hydrogens (tertiary/aromatic N) is 1. The van der Waals surface area contributed by atoms with Gasteiger partial charge >= 0.3 is 6.09 Å². The van der Waals surface area contributed by atoms with Crippen LogP contribution >= 0.6 is 0 Å². The molecule has 2 fully saturated rings. The van der Waals surface area contributed by atoms with Crippen molar-refractivity contribution in [2.75, 3.05) is 26.2 Å². The molecular formula is C9H16N2O2. The van der Waals surface area contributed by atoms with E-state index in [9.17, 15) is 4.79 Å². The summed E-state index contributed by atoms with van der Waals surface area (Å²) in [6.07, 6.45) is 3.41. The predicted molar refractivity (Wildman–Crippen MR) is 48.6 cm³/mol. The zero-order valence-corrected chi connectivity index (χ0v) is 7.79. The Balaban J connectivity index is 1.63. The summed E-state index contributed by atoms with van der Waals surface area (Å²) in [5, 5.41) is 3.37. The third-order valence-electron chi connectivity index (χ3n) is 2.45. The second kappa shape index (κ2) is 3.96. The lowest BCUT2D eigenvalue weighted by molar-refractivity contribution is 0.0733. The zero-order chi connectivity index (χ0) is 9.10. The number of cyclic esters (lactones) is 1. The van der Waals surface area contributed by atoms with Gasteiger partial charge in [0.05, 0.1) is 6.61 Å². The third kappa shape index (κ3) is 2.59. The second-order valence-electron chi connectivity index (χ2n) is 3.68. The van der Waals surface area contributed by atoms with Gasteiger partial charge in [0.15, 0.2) is 0 Å². The maximum atomic E-state index is 11.2. The molecule has 1 saturated carbocycles. The van der Waals surface area contributed by atoms with E-state index >= 15 is 0 Å². The van der Waals surface area contributed by atoms with E-state index in [2.05, 4.69) is 5.32 Å². The van der Waals surface area contributed by atoms with Crippen molar-refractivity contribution in [3.63, 3.8) is 0 Å². The molecule has 1 N–H and O–H groups in total. The molecule has 0 spiro atoms. The van der Waals surface area contributed by atoms with Crippen LogP contribution in [0, 0.1) is 0 Å². The van der Waals surface area contributed by atoms with E-state index in [-0.39, 0.29) is 6.09 Å². The van der Waals surface area contributed by atoms with Crippen molar-refractivity contribution < 1.29 is 9.53 Å². The molecule has 1 aliphatic heterocycles. The van der Waals surface area contributed by atoms with Crippen molar-refractivity contribution >= 4 is 6.09 Å². The van der Waals surface area contributed by atoms with Gasteiger partial charge in [-0.1, -0.05) is 0 Å². The third-order valence-corrected chi connectivity index (χ3v) is 2.45. The highest BCUT2D eigenvalue weighted by atomic mass is 16.6. The van der Waals surface area contributed by atoms with Crippen molar-refractivity contribution in [3.05, 3.63) is 0 Å². The Hall–Kier alpha value is -0.770. The minimum atomic E-state index is -0.149. The van der Waals surface area contributed by atoms with Gasteiger partial charge in [0.1, 0.15) is 0 Å². The molecule has 1 amide bonds. The normalized spacial score (nSPS) is 23.1. The van der Waals surface area contributed by atoms with Crippen LogP contribution in [0.4, 0.5) is 4.79 Å². The lowest BCUT2D eigenvalue weighted by Gasteiger charge is -2.26. The molecule has 13 heavy (non-hydrogen) atoms. The van der Waals surface area contributed by atoms with Gasteiger partial charge in [0, 0.05) is 25.7 Å². The topological polar surface area (TPSA) is 41.6 Å². The Morgan fingerprint density at radius 2 is 2.38 bits per heavy atom. The van der Waals surface area contributed by atoms with Crippen molar-refractivity contribution in [1.82, 2.24) is 10.2 Å². The van der Waals surface area contributed by atoms with E-state index in [1.165, 1.54) is 12.8 Å². The van der Waals surface area contributed by atoms with Gasteiger partial charge in [-0.25, -0.2) is 4.79 Å². The molecule has 0 radical (unpaired) electrons. The van der Waals surface area contributed by atoms with Gasteiger partial charge in [-0.3, -0.25) is 0 Å². The highest BCUT2D eigenvalue weighted by Crippen LogP contribution is 2.18. The summed E-state index contributed by atoms with van der Waals surface area (Å²) in [6, 6.07) is 0.723. The number of carbonyl (C=O) groups excluding carboxylic acids is 1. The molecule has 1 aliphatic carbocycles. The molecule has 0 atom stereocenters. The van der Waals surface area contributed by atoms with Crippen LogP contribution in [0.1, 0.15) is 19.3 Å². The average molecular weight is 184 g/mol. The molecule has 0 unspecified atom stereocenters. The maximum absolute atomic E-state index is 11.2. The molecule has 2 rings (SSSR count). The molecule has 0 aromatic carbocycles. The first-order valence-corrected chi connectivity index (χ1v) is 5.01. The van der Waals surface area contributed by atoms with Gasteiger partial charge in [0.2, 0.25) is 0 Å². The predicted octanol–water partition coefficient (Wildman–Crippen LogP) is 0.581. The Bertz CT molecular complexity index is 192. The van der Waals surface area contributed by atoms with Gasteiger partial charge < -0.3 is 15.0 Å². The largest absolute Gasteiger partial charge is 0.449 e. The number of carbonyl (C=O) groups is 1. The van der Waals surface area contributed by atoms with Crippen LogP contribution in [0.3, 0.4) is 0 Å². The lowest BCUT2D eigenvalue weighted by atomic mass is 10.3. The summed E-state index contributed by atoms with van der Waals surface area (Å²) < 4.78 is 4.92. The molecule has 1 heterocycles. The van der Waals surface area contributed by atoms with E-state index in [1.54, 1.807) is 4.90 Å². The molecule has 4 heteroatoms. The van der Waals surface area contributed by atoms with Crippen molar-refractivity contribution in [2.24, 2.45) is 0 Å². The summed E-state index contributed by atoms with van der Waals surface area (Å²) in [4.78, 5) is 12.9. The summed E-state index contributed by atoms with van der Waals surface area (Å²) in [5.41, 5.74) is 0. The number of ether oxygens (including phenoxy) is 1. The smallest absolute Gasteiger partial charge is 0.409 e. The highest BCUT2D eigenvalue weighted by Gasteiger charge is 2.22. The zero-order valence-electron chi connectivity index (χ0n) is 7.79. The molecule has 74 valence electrons. The molecule has 0 bridgehead atoms. The fourth-order valence-corrected chi connectivity index (χ4v) is 1.49. The summed E-state index contributed by atoms with van der Waals surface area (Å²) >= 11 is 0. The minimum Gasteiger partial charge on any atom is -0.449 e. The first-order chi connectivity index (χ1) is 6.36. The fraction of sp³-hybridized carbons (Fsp3) is 0.889. The van der Waals surface area contributed by atoms with Gasteiger partial charge in [-0.2, -0.15) is 0 Å². The summed E-state index contributed by atoms with van der Waals surface area (Å²) in [7, 11) is 0.